The molecule has 2 aliphatic rings. The van der Waals surface area contributed by atoms with Gasteiger partial charge in [0.1, 0.15) is 0 Å². The Labute approximate surface area is 146 Å². The number of rotatable bonds is 6. The molecule has 3 rings (SSSR count). The molecule has 0 atom stereocenters. The van der Waals surface area contributed by atoms with Crippen molar-refractivity contribution >= 4 is 5.91 Å². The Bertz CT molecular complexity index is 593. The van der Waals surface area contributed by atoms with Gasteiger partial charge in [0.05, 0.1) is 5.56 Å². The summed E-state index contributed by atoms with van der Waals surface area (Å²) in [6.07, 6.45) is 0.839. The maximum absolute atomic E-state index is 13.2. The van der Waals surface area contributed by atoms with Crippen molar-refractivity contribution < 1.29 is 18.0 Å². The van der Waals surface area contributed by atoms with Crippen molar-refractivity contribution in [3.63, 3.8) is 0 Å². The third kappa shape index (κ3) is 4.97. The first-order valence-electron chi connectivity index (χ1n) is 9.10. The Morgan fingerprint density at radius 2 is 1.80 bits per heavy atom. The summed E-state index contributed by atoms with van der Waals surface area (Å²) < 4.78 is 39.6. The van der Waals surface area contributed by atoms with Crippen molar-refractivity contribution in [2.75, 3.05) is 13.1 Å². The SMILES string of the molecule is O=C(CCC1CCNCC1)N(Cc1ccccc1C(F)(F)F)C1CC1. The summed E-state index contributed by atoms with van der Waals surface area (Å²) >= 11 is 0. The average molecular weight is 354 g/mol. The Hall–Kier alpha value is -1.56. The van der Waals surface area contributed by atoms with Gasteiger partial charge >= 0.3 is 6.18 Å². The summed E-state index contributed by atoms with van der Waals surface area (Å²) in [4.78, 5) is 14.3. The number of benzene rings is 1. The van der Waals surface area contributed by atoms with Crippen LogP contribution in [0.2, 0.25) is 0 Å². The molecule has 25 heavy (non-hydrogen) atoms. The summed E-state index contributed by atoms with van der Waals surface area (Å²) in [7, 11) is 0. The lowest BCUT2D eigenvalue weighted by Gasteiger charge is -2.26. The topological polar surface area (TPSA) is 32.3 Å². The highest BCUT2D eigenvalue weighted by molar-refractivity contribution is 5.77. The highest BCUT2D eigenvalue weighted by Gasteiger charge is 2.37. The van der Waals surface area contributed by atoms with Crippen LogP contribution in [-0.2, 0) is 17.5 Å². The molecule has 3 nitrogen and oxygen atoms in total. The van der Waals surface area contributed by atoms with E-state index in [2.05, 4.69) is 5.32 Å². The fourth-order valence-electron chi connectivity index (χ4n) is 3.57. The summed E-state index contributed by atoms with van der Waals surface area (Å²) in [5.41, 5.74) is -0.441. The summed E-state index contributed by atoms with van der Waals surface area (Å²) in [6.45, 7) is 2.04. The number of nitrogens with zero attached hydrogens (tertiary/aromatic N) is 1. The van der Waals surface area contributed by atoms with Crippen LogP contribution in [0.1, 0.15) is 49.7 Å². The first kappa shape index (κ1) is 18.2. The van der Waals surface area contributed by atoms with Crippen LogP contribution >= 0.6 is 0 Å². The van der Waals surface area contributed by atoms with Gasteiger partial charge in [-0.2, -0.15) is 13.2 Å². The minimum atomic E-state index is -4.38. The molecule has 0 radical (unpaired) electrons. The van der Waals surface area contributed by atoms with Gasteiger partial charge in [0, 0.05) is 19.0 Å². The average Bonchev–Trinajstić information content (AvgIpc) is 3.43. The predicted octanol–water partition coefficient (Wildman–Crippen LogP) is 3.98. The fraction of sp³-hybridized carbons (Fsp3) is 0.632. The van der Waals surface area contributed by atoms with Gasteiger partial charge in [-0.25, -0.2) is 0 Å². The zero-order valence-corrected chi connectivity index (χ0v) is 14.3. The van der Waals surface area contributed by atoms with E-state index < -0.39 is 11.7 Å². The maximum atomic E-state index is 13.2. The Morgan fingerprint density at radius 1 is 1.12 bits per heavy atom. The van der Waals surface area contributed by atoms with Crippen LogP contribution < -0.4 is 5.32 Å². The van der Waals surface area contributed by atoms with Crippen molar-refractivity contribution in [1.82, 2.24) is 10.2 Å². The summed E-state index contributed by atoms with van der Waals surface area (Å²) in [6, 6.07) is 5.70. The zero-order chi connectivity index (χ0) is 17.9. The van der Waals surface area contributed by atoms with Crippen molar-refractivity contribution in [2.24, 2.45) is 5.92 Å². The van der Waals surface area contributed by atoms with Gasteiger partial charge in [0.25, 0.3) is 0 Å². The summed E-state index contributed by atoms with van der Waals surface area (Å²) in [5.74, 6) is 0.548. The number of hydrogen-bond donors (Lipinski definition) is 1. The van der Waals surface area contributed by atoms with Crippen molar-refractivity contribution in [3.05, 3.63) is 35.4 Å². The normalized spacial score (nSPS) is 19.0. The van der Waals surface area contributed by atoms with E-state index in [9.17, 15) is 18.0 Å². The molecule has 1 amide bonds. The third-order valence-corrected chi connectivity index (χ3v) is 5.20. The molecule has 1 aliphatic carbocycles. The molecule has 2 fully saturated rings. The molecular weight excluding hydrogens is 329 g/mol. The van der Waals surface area contributed by atoms with E-state index in [-0.39, 0.29) is 24.1 Å². The Kier molecular flexibility index (Phi) is 5.67. The predicted molar refractivity (Wildman–Crippen MR) is 89.8 cm³/mol. The molecular formula is C19H25F3N2O. The maximum Gasteiger partial charge on any atom is 0.416 e. The van der Waals surface area contributed by atoms with Crippen molar-refractivity contribution in [3.8, 4) is 0 Å². The molecule has 1 saturated carbocycles. The molecule has 0 bridgehead atoms. The van der Waals surface area contributed by atoms with Crippen molar-refractivity contribution in [1.29, 1.82) is 0 Å². The standard InChI is InChI=1S/C19H25F3N2O/c20-19(21,22)17-4-2-1-3-15(17)13-24(16-6-7-16)18(25)8-5-14-9-11-23-12-10-14/h1-4,14,16,23H,5-13H2. The lowest BCUT2D eigenvalue weighted by Crippen LogP contribution is -2.34. The van der Waals surface area contributed by atoms with Crippen LogP contribution in [0.3, 0.4) is 0 Å². The molecule has 1 N–H and O–H groups in total. The van der Waals surface area contributed by atoms with Gasteiger partial charge in [-0.1, -0.05) is 18.2 Å². The minimum absolute atomic E-state index is 0.00184. The van der Waals surface area contributed by atoms with Crippen molar-refractivity contribution in [2.45, 2.75) is 57.3 Å². The van der Waals surface area contributed by atoms with Crippen LogP contribution in [0.25, 0.3) is 0 Å². The molecule has 1 aromatic rings. The fourth-order valence-corrected chi connectivity index (χ4v) is 3.57. The number of piperidine rings is 1. The molecule has 1 saturated heterocycles. The van der Waals surface area contributed by atoms with Gasteiger partial charge in [-0.05, 0) is 62.7 Å². The van der Waals surface area contributed by atoms with E-state index >= 15 is 0 Å². The van der Waals surface area contributed by atoms with Crippen LogP contribution in [0.5, 0.6) is 0 Å². The number of hydrogen-bond acceptors (Lipinski definition) is 2. The monoisotopic (exact) mass is 354 g/mol. The molecule has 1 aliphatic heterocycles. The van der Waals surface area contributed by atoms with E-state index in [4.69, 9.17) is 0 Å². The lowest BCUT2D eigenvalue weighted by atomic mass is 9.93. The molecule has 1 heterocycles. The van der Waals surface area contributed by atoms with Gasteiger partial charge < -0.3 is 10.2 Å². The number of alkyl halides is 3. The van der Waals surface area contributed by atoms with E-state index in [0.29, 0.717) is 12.3 Å². The largest absolute Gasteiger partial charge is 0.416 e. The third-order valence-electron chi connectivity index (χ3n) is 5.20. The zero-order valence-electron chi connectivity index (χ0n) is 14.3. The van der Waals surface area contributed by atoms with E-state index in [1.54, 1.807) is 11.0 Å². The van der Waals surface area contributed by atoms with Gasteiger partial charge in [-0.15, -0.1) is 0 Å². The van der Waals surface area contributed by atoms with Gasteiger partial charge in [0.2, 0.25) is 5.91 Å². The van der Waals surface area contributed by atoms with Crippen LogP contribution in [-0.4, -0.2) is 29.9 Å². The number of carbonyl (C=O) groups excluding carboxylic acids is 1. The highest BCUT2D eigenvalue weighted by atomic mass is 19.4. The molecule has 0 aromatic heterocycles. The van der Waals surface area contributed by atoms with Gasteiger partial charge in [0.15, 0.2) is 0 Å². The van der Waals surface area contributed by atoms with E-state index in [1.165, 1.54) is 12.1 Å². The number of halogens is 3. The highest BCUT2D eigenvalue weighted by Crippen LogP contribution is 2.35. The second-order valence-corrected chi connectivity index (χ2v) is 7.14. The smallest absolute Gasteiger partial charge is 0.335 e. The second kappa shape index (κ2) is 7.77. The Balaban J connectivity index is 1.64. The molecule has 138 valence electrons. The molecule has 1 aromatic carbocycles. The lowest BCUT2D eigenvalue weighted by molar-refractivity contribution is -0.140. The quantitative estimate of drug-likeness (QED) is 0.838. The van der Waals surface area contributed by atoms with Crippen LogP contribution in [0.4, 0.5) is 13.2 Å². The first-order valence-corrected chi connectivity index (χ1v) is 9.10. The molecule has 6 heteroatoms. The van der Waals surface area contributed by atoms with Crippen LogP contribution in [0, 0.1) is 5.92 Å². The summed E-state index contributed by atoms with van der Waals surface area (Å²) in [5, 5.41) is 3.30. The van der Waals surface area contributed by atoms with E-state index in [0.717, 1.165) is 51.3 Å². The molecule has 0 unspecified atom stereocenters. The first-order chi connectivity index (χ1) is 11.9. The molecule has 0 spiro atoms. The number of carbonyl (C=O) groups is 1. The minimum Gasteiger partial charge on any atom is -0.335 e. The Morgan fingerprint density at radius 3 is 2.44 bits per heavy atom. The van der Waals surface area contributed by atoms with Crippen LogP contribution in [0.15, 0.2) is 24.3 Å². The second-order valence-electron chi connectivity index (χ2n) is 7.14. The number of amides is 1. The van der Waals surface area contributed by atoms with E-state index in [1.807, 2.05) is 0 Å². The number of nitrogens with one attached hydrogen (secondary N) is 1. The van der Waals surface area contributed by atoms with Gasteiger partial charge in [-0.3, -0.25) is 4.79 Å².